The molecule has 0 spiro atoms. The van der Waals surface area contributed by atoms with Gasteiger partial charge < -0.3 is 9.80 Å². The van der Waals surface area contributed by atoms with Gasteiger partial charge in [0.15, 0.2) is 0 Å². The second-order valence-corrected chi connectivity index (χ2v) is 9.52. The van der Waals surface area contributed by atoms with Crippen molar-refractivity contribution in [3.05, 3.63) is 59.2 Å². The summed E-state index contributed by atoms with van der Waals surface area (Å²) in [4.78, 5) is 8.64. The monoisotopic (exact) mass is 496 g/mol. The minimum Gasteiger partial charge on any atom is -0.324 e. The number of hydrogen-bond acceptors (Lipinski definition) is 5. The first-order chi connectivity index (χ1) is 17.0. The molecule has 0 fully saturated rings. The lowest BCUT2D eigenvalue weighted by molar-refractivity contribution is -0.190. The van der Waals surface area contributed by atoms with Crippen LogP contribution in [0.15, 0.2) is 36.4 Å². The van der Waals surface area contributed by atoms with E-state index >= 15 is 4.39 Å². The van der Waals surface area contributed by atoms with E-state index in [0.717, 1.165) is 19.4 Å². The molecule has 2 aromatic carbocycles. The summed E-state index contributed by atoms with van der Waals surface area (Å²) in [6.45, 7) is 5.46. The average Bonchev–Trinajstić information content (AvgIpc) is 3.09. The highest BCUT2D eigenvalue weighted by Gasteiger charge is 2.46. The van der Waals surface area contributed by atoms with E-state index in [-0.39, 0.29) is 0 Å². The van der Waals surface area contributed by atoms with Crippen LogP contribution in [0.1, 0.15) is 30.8 Å². The van der Waals surface area contributed by atoms with Crippen LogP contribution in [0.25, 0.3) is 16.7 Å². The Labute approximate surface area is 205 Å². The number of nitrogens with zero attached hydrogens (tertiary/aromatic N) is 6. The SMILES string of the molecule is Cc1nnc2nc(N3CCN(C)Cc4c(C#CC(C)(C)C(F)(F)F)cccc43)c3c(F)cccc3n12. The fraction of sp³-hybridized carbons (Fsp3) is 0.346. The van der Waals surface area contributed by atoms with Crippen molar-refractivity contribution < 1.29 is 17.6 Å². The highest BCUT2D eigenvalue weighted by molar-refractivity contribution is 5.94. The van der Waals surface area contributed by atoms with E-state index in [9.17, 15) is 13.2 Å². The van der Waals surface area contributed by atoms with Crippen LogP contribution in [0.2, 0.25) is 0 Å². The molecule has 0 unspecified atom stereocenters. The summed E-state index contributed by atoms with van der Waals surface area (Å²) in [7, 11) is 1.92. The number of aryl methyl sites for hydroxylation is 1. The maximum absolute atomic E-state index is 15.3. The Morgan fingerprint density at radius 2 is 1.75 bits per heavy atom. The summed E-state index contributed by atoms with van der Waals surface area (Å²) in [6, 6.07) is 10.1. The number of halogens is 4. The van der Waals surface area contributed by atoms with Gasteiger partial charge in [0, 0.05) is 36.4 Å². The van der Waals surface area contributed by atoms with Gasteiger partial charge in [0.05, 0.1) is 10.9 Å². The normalized spacial score (nSPS) is 15.1. The van der Waals surface area contributed by atoms with E-state index < -0.39 is 17.4 Å². The molecule has 0 amide bonds. The van der Waals surface area contributed by atoms with E-state index in [1.165, 1.54) is 6.07 Å². The molecular formula is C26H24F4N6. The molecule has 0 atom stereocenters. The van der Waals surface area contributed by atoms with Crippen molar-refractivity contribution in [3.63, 3.8) is 0 Å². The lowest BCUT2D eigenvalue weighted by atomic mass is 9.92. The molecule has 1 aliphatic heterocycles. The van der Waals surface area contributed by atoms with Crippen LogP contribution in [0.3, 0.4) is 0 Å². The van der Waals surface area contributed by atoms with Crippen molar-refractivity contribution in [2.24, 2.45) is 5.41 Å². The largest absolute Gasteiger partial charge is 0.404 e. The minimum atomic E-state index is -4.46. The number of aromatic nitrogens is 4. The maximum atomic E-state index is 15.3. The van der Waals surface area contributed by atoms with E-state index in [1.807, 2.05) is 18.0 Å². The lowest BCUT2D eigenvalue weighted by Gasteiger charge is -2.26. The van der Waals surface area contributed by atoms with Gasteiger partial charge in [-0.05, 0) is 52.1 Å². The highest BCUT2D eigenvalue weighted by atomic mass is 19.4. The van der Waals surface area contributed by atoms with Gasteiger partial charge in [0.2, 0.25) is 0 Å². The zero-order valence-corrected chi connectivity index (χ0v) is 20.3. The van der Waals surface area contributed by atoms with Gasteiger partial charge in [0.25, 0.3) is 5.78 Å². The predicted molar refractivity (Wildman–Crippen MR) is 129 cm³/mol. The van der Waals surface area contributed by atoms with Gasteiger partial charge in [-0.2, -0.15) is 18.2 Å². The first-order valence-corrected chi connectivity index (χ1v) is 11.5. The lowest BCUT2D eigenvalue weighted by Crippen LogP contribution is -2.30. The number of alkyl halides is 3. The Bertz CT molecular complexity index is 1540. The van der Waals surface area contributed by atoms with Crippen LogP contribution in [-0.4, -0.2) is 50.8 Å². The molecule has 0 saturated carbocycles. The zero-order valence-electron chi connectivity index (χ0n) is 20.3. The molecule has 0 bridgehead atoms. The van der Waals surface area contributed by atoms with Crippen molar-refractivity contribution in [2.45, 2.75) is 33.5 Å². The van der Waals surface area contributed by atoms with Crippen molar-refractivity contribution in [1.29, 1.82) is 0 Å². The topological polar surface area (TPSA) is 49.6 Å². The highest BCUT2D eigenvalue weighted by Crippen LogP contribution is 2.39. The standard InChI is InChI=1S/C26H24F4N6/c1-16-32-33-24-31-23(22-19(27)8-6-10-21(22)36(16)24)35-14-13-34(4)15-18-17(7-5-9-20(18)35)11-12-25(2,3)26(28,29)30/h5-10H,13-15H2,1-4H3. The van der Waals surface area contributed by atoms with Crippen molar-refractivity contribution in [1.82, 2.24) is 24.5 Å². The van der Waals surface area contributed by atoms with Gasteiger partial charge in [-0.3, -0.25) is 4.40 Å². The summed E-state index contributed by atoms with van der Waals surface area (Å²) in [6.07, 6.45) is -4.46. The second-order valence-electron chi connectivity index (χ2n) is 9.52. The number of benzene rings is 2. The summed E-state index contributed by atoms with van der Waals surface area (Å²) in [5.41, 5.74) is 0.386. The summed E-state index contributed by atoms with van der Waals surface area (Å²) >= 11 is 0. The molecule has 0 aliphatic carbocycles. The molecule has 3 heterocycles. The van der Waals surface area contributed by atoms with Gasteiger partial charge in [-0.15, -0.1) is 10.2 Å². The fourth-order valence-electron chi connectivity index (χ4n) is 4.34. The summed E-state index contributed by atoms with van der Waals surface area (Å²) < 4.78 is 57.3. The zero-order chi connectivity index (χ0) is 25.8. The third-order valence-electron chi connectivity index (χ3n) is 6.52. The molecule has 0 saturated heterocycles. The van der Waals surface area contributed by atoms with Crippen LogP contribution in [0.5, 0.6) is 0 Å². The quantitative estimate of drug-likeness (QED) is 0.266. The van der Waals surface area contributed by atoms with Crippen molar-refractivity contribution in [2.75, 3.05) is 25.0 Å². The Hall–Kier alpha value is -3.71. The van der Waals surface area contributed by atoms with Gasteiger partial charge in [-0.25, -0.2) is 4.39 Å². The third kappa shape index (κ3) is 3.93. The first-order valence-electron chi connectivity index (χ1n) is 11.5. The molecule has 4 aromatic rings. The maximum Gasteiger partial charge on any atom is 0.404 e. The summed E-state index contributed by atoms with van der Waals surface area (Å²) in [5, 5.41) is 8.59. The molecule has 0 N–H and O–H groups in total. The number of anilines is 2. The Balaban J connectivity index is 1.74. The van der Waals surface area contributed by atoms with Crippen LogP contribution in [0, 0.1) is 30.0 Å². The summed E-state index contributed by atoms with van der Waals surface area (Å²) in [5.74, 6) is 6.05. The smallest absolute Gasteiger partial charge is 0.324 e. The van der Waals surface area contributed by atoms with Crippen LogP contribution < -0.4 is 4.90 Å². The van der Waals surface area contributed by atoms with E-state index in [4.69, 9.17) is 4.98 Å². The molecule has 6 nitrogen and oxygen atoms in total. The van der Waals surface area contributed by atoms with Crippen molar-refractivity contribution in [3.8, 4) is 11.8 Å². The minimum absolute atomic E-state index is 0.318. The third-order valence-corrected chi connectivity index (χ3v) is 6.52. The van der Waals surface area contributed by atoms with E-state index in [1.54, 1.807) is 35.6 Å². The molecule has 0 radical (unpaired) electrons. The second kappa shape index (κ2) is 8.45. The van der Waals surface area contributed by atoms with E-state index in [0.29, 0.717) is 59.2 Å². The van der Waals surface area contributed by atoms with Gasteiger partial charge >= 0.3 is 6.18 Å². The fourth-order valence-corrected chi connectivity index (χ4v) is 4.34. The van der Waals surface area contributed by atoms with Gasteiger partial charge in [0.1, 0.15) is 22.9 Å². The molecule has 10 heteroatoms. The van der Waals surface area contributed by atoms with Gasteiger partial charge in [-0.1, -0.05) is 24.0 Å². The van der Waals surface area contributed by atoms with Crippen LogP contribution in [-0.2, 0) is 6.54 Å². The predicted octanol–water partition coefficient (Wildman–Crippen LogP) is 5.25. The molecule has 2 aromatic heterocycles. The number of likely N-dealkylation sites (N-methyl/N-ethyl adjacent to an activating group) is 1. The molecule has 36 heavy (non-hydrogen) atoms. The van der Waals surface area contributed by atoms with Crippen LogP contribution in [0.4, 0.5) is 29.1 Å². The first kappa shape index (κ1) is 24.0. The Kier molecular flexibility index (Phi) is 5.63. The molecule has 186 valence electrons. The molecule has 5 rings (SSSR count). The number of fused-ring (bicyclic) bond motifs is 4. The molecule has 1 aliphatic rings. The van der Waals surface area contributed by atoms with Crippen LogP contribution >= 0.6 is 0 Å². The molecular weight excluding hydrogens is 472 g/mol. The Morgan fingerprint density at radius 1 is 1.00 bits per heavy atom. The van der Waals surface area contributed by atoms with Crippen molar-refractivity contribution >= 4 is 28.2 Å². The Morgan fingerprint density at radius 3 is 2.50 bits per heavy atom. The van der Waals surface area contributed by atoms with E-state index in [2.05, 4.69) is 26.9 Å². The number of hydrogen-bond donors (Lipinski definition) is 0. The average molecular weight is 497 g/mol. The number of rotatable bonds is 1.